The van der Waals surface area contributed by atoms with Crippen LogP contribution in [-0.4, -0.2) is 30.4 Å². The molecule has 0 radical (unpaired) electrons. The average Bonchev–Trinajstić information content (AvgIpc) is 2.20. The number of carbonyl (C=O) groups excluding carboxylic acids is 1. The van der Waals surface area contributed by atoms with E-state index in [1.807, 2.05) is 19.0 Å². The average molecular weight is 225 g/mol. The summed E-state index contributed by atoms with van der Waals surface area (Å²) in [5, 5.41) is 9.48. The maximum Gasteiger partial charge on any atom is 0.165 e. The van der Waals surface area contributed by atoms with Crippen LogP contribution in [0, 0.1) is 5.82 Å². The predicted molar refractivity (Wildman–Crippen MR) is 59.8 cm³/mol. The van der Waals surface area contributed by atoms with Crippen LogP contribution < -0.4 is 0 Å². The SMILES string of the molecule is CN(C)Cc1cc(F)c(O)c(CCC=O)c1. The number of hydrogen-bond donors (Lipinski definition) is 1. The zero-order chi connectivity index (χ0) is 12.1. The molecule has 0 amide bonds. The topological polar surface area (TPSA) is 40.5 Å². The standard InChI is InChI=1S/C12H16FNO2/c1-14(2)8-9-6-10(4-3-5-15)12(16)11(13)7-9/h5-7,16H,3-4,8H2,1-2H3. The van der Waals surface area contributed by atoms with Crippen molar-refractivity contribution in [2.45, 2.75) is 19.4 Å². The Labute approximate surface area is 94.5 Å². The minimum atomic E-state index is -0.625. The van der Waals surface area contributed by atoms with Gasteiger partial charge in [-0.2, -0.15) is 0 Å². The van der Waals surface area contributed by atoms with Crippen LogP contribution in [0.2, 0.25) is 0 Å². The summed E-state index contributed by atoms with van der Waals surface area (Å²) in [6.45, 7) is 0.602. The third-order valence-corrected chi connectivity index (χ3v) is 2.23. The zero-order valence-corrected chi connectivity index (χ0v) is 9.53. The van der Waals surface area contributed by atoms with Gasteiger partial charge in [0, 0.05) is 13.0 Å². The van der Waals surface area contributed by atoms with Gasteiger partial charge in [0.25, 0.3) is 0 Å². The van der Waals surface area contributed by atoms with Crippen LogP contribution in [0.25, 0.3) is 0 Å². The first kappa shape index (κ1) is 12.6. The van der Waals surface area contributed by atoms with E-state index >= 15 is 0 Å². The summed E-state index contributed by atoms with van der Waals surface area (Å²) in [5.41, 5.74) is 1.28. The van der Waals surface area contributed by atoms with Gasteiger partial charge in [0.2, 0.25) is 0 Å². The second-order valence-electron chi connectivity index (χ2n) is 4.03. The predicted octanol–water partition coefficient (Wildman–Crippen LogP) is 1.72. The van der Waals surface area contributed by atoms with Crippen molar-refractivity contribution in [1.82, 2.24) is 4.90 Å². The van der Waals surface area contributed by atoms with Crippen LogP contribution in [0.1, 0.15) is 17.5 Å². The summed E-state index contributed by atoms with van der Waals surface area (Å²) in [6.07, 6.45) is 1.42. The fourth-order valence-electron chi connectivity index (χ4n) is 1.58. The third-order valence-electron chi connectivity index (χ3n) is 2.23. The first-order valence-electron chi connectivity index (χ1n) is 5.13. The van der Waals surface area contributed by atoms with Gasteiger partial charge < -0.3 is 14.8 Å². The van der Waals surface area contributed by atoms with Crippen molar-refractivity contribution in [3.8, 4) is 5.75 Å². The van der Waals surface area contributed by atoms with Crippen LogP contribution >= 0.6 is 0 Å². The Bertz CT molecular complexity index is 378. The number of aldehydes is 1. The highest BCUT2D eigenvalue weighted by molar-refractivity contribution is 5.51. The Morgan fingerprint density at radius 1 is 1.44 bits per heavy atom. The normalized spacial score (nSPS) is 10.8. The number of nitrogens with zero attached hydrogens (tertiary/aromatic N) is 1. The van der Waals surface area contributed by atoms with Crippen LogP contribution in [0.4, 0.5) is 4.39 Å². The minimum absolute atomic E-state index is 0.290. The summed E-state index contributed by atoms with van der Waals surface area (Å²) in [4.78, 5) is 12.2. The lowest BCUT2D eigenvalue weighted by Crippen LogP contribution is -2.11. The van der Waals surface area contributed by atoms with Gasteiger partial charge in [-0.3, -0.25) is 0 Å². The molecule has 0 unspecified atom stereocenters. The minimum Gasteiger partial charge on any atom is -0.505 e. The van der Waals surface area contributed by atoms with Gasteiger partial charge >= 0.3 is 0 Å². The number of phenolic OH excluding ortho intramolecular Hbond substituents is 1. The molecule has 1 N–H and O–H groups in total. The Morgan fingerprint density at radius 3 is 2.69 bits per heavy atom. The van der Waals surface area contributed by atoms with E-state index in [9.17, 15) is 14.3 Å². The van der Waals surface area contributed by atoms with E-state index in [1.165, 1.54) is 6.07 Å². The lowest BCUT2D eigenvalue weighted by Gasteiger charge is -2.12. The van der Waals surface area contributed by atoms with Crippen molar-refractivity contribution in [2.24, 2.45) is 0 Å². The molecular weight excluding hydrogens is 209 g/mol. The summed E-state index contributed by atoms with van der Waals surface area (Å²) in [6, 6.07) is 3.06. The van der Waals surface area contributed by atoms with Crippen molar-refractivity contribution >= 4 is 6.29 Å². The molecule has 0 aliphatic rings. The molecule has 1 aromatic rings. The van der Waals surface area contributed by atoms with E-state index in [0.29, 0.717) is 24.9 Å². The van der Waals surface area contributed by atoms with E-state index in [0.717, 1.165) is 11.8 Å². The second-order valence-corrected chi connectivity index (χ2v) is 4.03. The Balaban J connectivity index is 2.96. The maximum atomic E-state index is 13.4. The number of phenols is 1. The van der Waals surface area contributed by atoms with Crippen LogP contribution in [0.15, 0.2) is 12.1 Å². The fraction of sp³-hybridized carbons (Fsp3) is 0.417. The number of hydrogen-bond acceptors (Lipinski definition) is 3. The summed E-state index contributed by atoms with van der Waals surface area (Å²) < 4.78 is 13.4. The highest BCUT2D eigenvalue weighted by Crippen LogP contribution is 2.24. The van der Waals surface area contributed by atoms with Crippen molar-refractivity contribution in [3.63, 3.8) is 0 Å². The molecule has 0 spiro atoms. The molecule has 0 fully saturated rings. The lowest BCUT2D eigenvalue weighted by atomic mass is 10.0. The molecule has 16 heavy (non-hydrogen) atoms. The number of halogens is 1. The van der Waals surface area contributed by atoms with Crippen LogP contribution in [-0.2, 0) is 17.8 Å². The van der Waals surface area contributed by atoms with Gasteiger partial charge in [-0.05, 0) is 37.7 Å². The van der Waals surface area contributed by atoms with E-state index in [4.69, 9.17) is 0 Å². The number of rotatable bonds is 5. The lowest BCUT2D eigenvalue weighted by molar-refractivity contribution is -0.107. The molecule has 0 saturated heterocycles. The van der Waals surface area contributed by atoms with Gasteiger partial charge in [-0.15, -0.1) is 0 Å². The van der Waals surface area contributed by atoms with Gasteiger partial charge in [0.05, 0.1) is 0 Å². The summed E-state index contributed by atoms with van der Waals surface area (Å²) in [5.74, 6) is -0.968. The maximum absolute atomic E-state index is 13.4. The van der Waals surface area contributed by atoms with Gasteiger partial charge in [0.1, 0.15) is 6.29 Å². The van der Waals surface area contributed by atoms with Gasteiger partial charge in [-0.1, -0.05) is 6.07 Å². The van der Waals surface area contributed by atoms with Crippen LogP contribution in [0.3, 0.4) is 0 Å². The molecular formula is C12H16FNO2. The Morgan fingerprint density at radius 2 is 2.12 bits per heavy atom. The molecule has 0 saturated carbocycles. The van der Waals surface area contributed by atoms with Crippen LogP contribution in [0.5, 0.6) is 5.75 Å². The number of aryl methyl sites for hydroxylation is 1. The number of carbonyl (C=O) groups is 1. The molecule has 4 heteroatoms. The fourth-order valence-corrected chi connectivity index (χ4v) is 1.58. The first-order chi connectivity index (χ1) is 7.54. The molecule has 3 nitrogen and oxygen atoms in total. The smallest absolute Gasteiger partial charge is 0.165 e. The molecule has 0 aliphatic carbocycles. The van der Waals surface area contributed by atoms with E-state index < -0.39 is 5.82 Å². The van der Waals surface area contributed by atoms with Crippen molar-refractivity contribution < 1.29 is 14.3 Å². The summed E-state index contributed by atoms with van der Waals surface area (Å²) in [7, 11) is 3.77. The third kappa shape index (κ3) is 3.31. The monoisotopic (exact) mass is 225 g/mol. The Hall–Kier alpha value is -1.42. The van der Waals surface area contributed by atoms with Crippen molar-refractivity contribution in [3.05, 3.63) is 29.1 Å². The quantitative estimate of drug-likeness (QED) is 0.776. The molecule has 0 aliphatic heterocycles. The molecule has 1 rings (SSSR count). The van der Waals surface area contributed by atoms with Crippen molar-refractivity contribution in [1.29, 1.82) is 0 Å². The molecule has 0 atom stereocenters. The van der Waals surface area contributed by atoms with E-state index in [-0.39, 0.29) is 5.75 Å². The first-order valence-corrected chi connectivity index (χ1v) is 5.13. The molecule has 0 aromatic heterocycles. The largest absolute Gasteiger partial charge is 0.505 e. The second kappa shape index (κ2) is 5.61. The summed E-state index contributed by atoms with van der Waals surface area (Å²) >= 11 is 0. The highest BCUT2D eigenvalue weighted by Gasteiger charge is 2.10. The van der Waals surface area contributed by atoms with E-state index in [1.54, 1.807) is 6.07 Å². The van der Waals surface area contributed by atoms with Gasteiger partial charge in [-0.25, -0.2) is 4.39 Å². The molecule has 0 heterocycles. The molecule has 0 bridgehead atoms. The molecule has 88 valence electrons. The number of benzene rings is 1. The van der Waals surface area contributed by atoms with Crippen molar-refractivity contribution in [2.75, 3.05) is 14.1 Å². The number of aromatic hydroxyl groups is 1. The highest BCUT2D eigenvalue weighted by atomic mass is 19.1. The van der Waals surface area contributed by atoms with Gasteiger partial charge in [0.15, 0.2) is 11.6 Å². The van der Waals surface area contributed by atoms with E-state index in [2.05, 4.69) is 0 Å². The zero-order valence-electron chi connectivity index (χ0n) is 9.53. The molecule has 1 aromatic carbocycles. The Kier molecular flexibility index (Phi) is 4.43.